The molecule has 23 heteroatoms. The second-order valence-corrected chi connectivity index (χ2v) is 19.8. The van der Waals surface area contributed by atoms with Crippen molar-refractivity contribution in [3.05, 3.63) is 94.3 Å². The summed E-state index contributed by atoms with van der Waals surface area (Å²) in [4.78, 5) is 130. The molecule has 0 saturated carbocycles. The molecule has 10 amide bonds. The molecule has 0 bridgehead atoms. The number of nitrogens with one attached hydrogen (secondary N) is 5. The normalized spacial score (nSPS) is 14.4. The van der Waals surface area contributed by atoms with Crippen molar-refractivity contribution < 1.29 is 52.6 Å². The van der Waals surface area contributed by atoms with Crippen LogP contribution in [0.1, 0.15) is 118 Å². The van der Waals surface area contributed by atoms with E-state index in [-0.39, 0.29) is 98.6 Å². The summed E-state index contributed by atoms with van der Waals surface area (Å²) in [6.07, 6.45) is 9.47. The van der Waals surface area contributed by atoms with Gasteiger partial charge >= 0.3 is 12.1 Å². The van der Waals surface area contributed by atoms with Gasteiger partial charge in [0.05, 0.1) is 36.8 Å². The smallest absolute Gasteiger partial charge is 0.410 e. The number of nitrogens with two attached hydrogens (primary N) is 2. The van der Waals surface area contributed by atoms with Gasteiger partial charge in [-0.2, -0.15) is 0 Å². The first-order valence-corrected chi connectivity index (χ1v) is 26.7. The summed E-state index contributed by atoms with van der Waals surface area (Å²) in [6.45, 7) is 9.61. The zero-order valence-electron chi connectivity index (χ0n) is 45.5. The molecule has 3 aliphatic heterocycles. The minimum atomic E-state index is -1.07. The second-order valence-electron chi connectivity index (χ2n) is 19.8. The van der Waals surface area contributed by atoms with Crippen molar-refractivity contribution >= 4 is 82.4 Å². The minimum Gasteiger partial charge on any atom is -0.496 e. The molecule has 0 aliphatic carbocycles. The number of carbonyl (C=O) groups excluding carboxylic acids is 9. The molecular weight excluding hydrogens is 1020 g/mol. The number of primary amides is 1. The molecule has 9 N–H and O–H groups in total. The average molecular weight is 1090 g/mol. The number of aliphatic imine (C=N–C) groups is 1. The molecule has 2 aromatic carbocycles. The number of benzene rings is 2. The van der Waals surface area contributed by atoms with E-state index in [1.807, 2.05) is 18.7 Å². The summed E-state index contributed by atoms with van der Waals surface area (Å²) in [5.41, 5.74) is 16.1. The lowest BCUT2D eigenvalue weighted by atomic mass is 10.0. The van der Waals surface area contributed by atoms with Gasteiger partial charge in [-0.15, -0.1) is 0 Å². The number of carbonyl (C=O) groups is 9. The Balaban J connectivity index is 1.01. The fraction of sp³-hybridized carbons (Fsp3) is 0.446. The first-order valence-electron chi connectivity index (χ1n) is 26.7. The van der Waals surface area contributed by atoms with E-state index in [0.29, 0.717) is 84.6 Å². The Morgan fingerprint density at radius 2 is 1.58 bits per heavy atom. The number of pyridine rings is 1. The lowest BCUT2D eigenvalue weighted by molar-refractivity contribution is -0.137. The fourth-order valence-corrected chi connectivity index (χ4v) is 9.18. The van der Waals surface area contributed by atoms with E-state index >= 15 is 0 Å². The van der Waals surface area contributed by atoms with Crippen LogP contribution in [0.3, 0.4) is 0 Å². The van der Waals surface area contributed by atoms with Crippen LogP contribution >= 0.6 is 0 Å². The zero-order valence-corrected chi connectivity index (χ0v) is 45.5. The van der Waals surface area contributed by atoms with Crippen LogP contribution in [0.2, 0.25) is 0 Å². The molecule has 0 spiro atoms. The Bertz CT molecular complexity index is 2840. The molecule has 1 aromatic heterocycles. The predicted octanol–water partition coefficient (Wildman–Crippen LogP) is 4.96. The van der Waals surface area contributed by atoms with Gasteiger partial charge in [-0.05, 0) is 92.0 Å². The molecule has 3 aromatic rings. The number of urea groups is 1. The van der Waals surface area contributed by atoms with Crippen LogP contribution in [0.25, 0.3) is 6.08 Å². The van der Waals surface area contributed by atoms with E-state index in [2.05, 4.69) is 36.6 Å². The number of amides is 10. The first kappa shape index (κ1) is 59.6. The Kier molecular flexibility index (Phi) is 21.6. The number of ether oxygens (including phenoxy) is 2. The first-order chi connectivity index (χ1) is 37.9. The van der Waals surface area contributed by atoms with Gasteiger partial charge in [0.15, 0.2) is 0 Å². The molecule has 0 fully saturated rings. The van der Waals surface area contributed by atoms with Gasteiger partial charge in [-0.1, -0.05) is 46.2 Å². The third-order valence-corrected chi connectivity index (χ3v) is 13.3. The summed E-state index contributed by atoms with van der Waals surface area (Å²) in [5.74, 6) is -2.68. The number of methoxy groups -OCH3 is 1. The SMILES string of the molecule is CCCN(CCC)C(=O)C1=Cc2cc(OC)c(C(=O)Nc3cnc4c(c3)CN(C(=O)OCc3ccc(NC(=O)C(CCCNC(N)=O)NC(=O)C(NC(=O)CCCCCN5C(=O)C=CC5=O)C(C)C)cc3)CC4)cc2N=C(N)C1. The van der Waals surface area contributed by atoms with Gasteiger partial charge in [0, 0.05) is 86.7 Å². The van der Waals surface area contributed by atoms with E-state index in [0.717, 1.165) is 23.4 Å². The highest BCUT2D eigenvalue weighted by atomic mass is 16.6. The van der Waals surface area contributed by atoms with Crippen molar-refractivity contribution in [2.75, 3.05) is 50.5 Å². The largest absolute Gasteiger partial charge is 0.496 e. The average Bonchev–Trinajstić information content (AvgIpc) is 3.66. The van der Waals surface area contributed by atoms with E-state index in [4.69, 9.17) is 20.9 Å². The fourth-order valence-electron chi connectivity index (χ4n) is 9.18. The summed E-state index contributed by atoms with van der Waals surface area (Å²) < 4.78 is 11.3. The van der Waals surface area contributed by atoms with E-state index < -0.39 is 41.9 Å². The van der Waals surface area contributed by atoms with Crippen LogP contribution in [0.4, 0.5) is 26.7 Å². The van der Waals surface area contributed by atoms with Crippen LogP contribution in [-0.4, -0.2) is 131 Å². The molecule has 0 saturated heterocycles. The molecule has 422 valence electrons. The number of fused-ring (bicyclic) bond motifs is 2. The standard InChI is InChI=1S/C56H72N12O11/c1-6-22-66(23-7-2)54(75)37-26-36-28-45(78-5)41(30-44(36)63-46(57)29-37)51(72)62-40-27-38-32-67(25-20-42(38)60-31-40)56(77)79-33-35-14-16-39(17-15-35)61-52(73)43(12-11-21-59-55(58)76)64-53(74)50(34(3)4)65-47(69)13-9-8-10-24-68-48(70)18-19-49(68)71/h14-19,26-28,30-31,34,43,50H,6-13,20-25,29,32-33H2,1-5H3,(H2,57,63)(H,61,73)(H,62,72)(H,64,74)(H,65,69)(H3,58,59,76). The number of amidine groups is 1. The van der Waals surface area contributed by atoms with Crippen molar-refractivity contribution in [1.82, 2.24) is 35.6 Å². The Labute approximate surface area is 459 Å². The number of unbranched alkanes of at least 4 members (excludes halogenated alkanes) is 2. The summed E-state index contributed by atoms with van der Waals surface area (Å²) >= 11 is 0. The van der Waals surface area contributed by atoms with Crippen LogP contribution in [0.15, 0.2) is 71.4 Å². The number of aromatic nitrogens is 1. The summed E-state index contributed by atoms with van der Waals surface area (Å²) in [5, 5.41) is 13.7. The highest BCUT2D eigenvalue weighted by molar-refractivity contribution is 6.13. The molecule has 2 unspecified atom stereocenters. The Hall–Kier alpha value is -8.63. The van der Waals surface area contributed by atoms with Crippen LogP contribution in [-0.2, 0) is 53.1 Å². The molecular formula is C56H72N12O11. The Morgan fingerprint density at radius 3 is 2.25 bits per heavy atom. The van der Waals surface area contributed by atoms with Gasteiger partial charge in [0.2, 0.25) is 23.6 Å². The molecule has 3 aliphatic rings. The number of imide groups is 1. The van der Waals surface area contributed by atoms with E-state index in [9.17, 15) is 43.2 Å². The number of anilines is 2. The second kappa shape index (κ2) is 28.7. The van der Waals surface area contributed by atoms with Crippen LogP contribution in [0.5, 0.6) is 5.75 Å². The Morgan fingerprint density at radius 1 is 0.861 bits per heavy atom. The van der Waals surface area contributed by atoms with Gasteiger partial charge in [0.1, 0.15) is 30.3 Å². The van der Waals surface area contributed by atoms with Crippen LogP contribution in [0, 0.1) is 5.92 Å². The maximum atomic E-state index is 13.8. The van der Waals surface area contributed by atoms with Crippen LogP contribution < -0.4 is 42.8 Å². The van der Waals surface area contributed by atoms with Gasteiger partial charge in [-0.25, -0.2) is 14.6 Å². The number of hydrogen-bond donors (Lipinski definition) is 7. The van der Waals surface area contributed by atoms with E-state index in [1.54, 1.807) is 68.6 Å². The topological polar surface area (TPSA) is 319 Å². The van der Waals surface area contributed by atoms with Gasteiger partial charge in [-0.3, -0.25) is 43.4 Å². The third-order valence-electron chi connectivity index (χ3n) is 13.3. The molecule has 4 heterocycles. The summed E-state index contributed by atoms with van der Waals surface area (Å²) in [7, 11) is 1.45. The molecule has 79 heavy (non-hydrogen) atoms. The number of hydrogen-bond acceptors (Lipinski definition) is 14. The highest BCUT2D eigenvalue weighted by Gasteiger charge is 2.30. The highest BCUT2D eigenvalue weighted by Crippen LogP contribution is 2.34. The lowest BCUT2D eigenvalue weighted by Crippen LogP contribution is -2.54. The van der Waals surface area contributed by atoms with Crippen molar-refractivity contribution in [2.24, 2.45) is 22.4 Å². The monoisotopic (exact) mass is 1090 g/mol. The van der Waals surface area contributed by atoms with Crippen molar-refractivity contribution in [2.45, 2.75) is 117 Å². The maximum absolute atomic E-state index is 13.8. The van der Waals surface area contributed by atoms with Crippen molar-refractivity contribution in [3.8, 4) is 5.75 Å². The van der Waals surface area contributed by atoms with Crippen molar-refractivity contribution in [3.63, 3.8) is 0 Å². The lowest BCUT2D eigenvalue weighted by Gasteiger charge is -2.28. The number of rotatable bonds is 26. The van der Waals surface area contributed by atoms with Gasteiger partial charge < -0.3 is 57.3 Å². The molecule has 0 radical (unpaired) electrons. The summed E-state index contributed by atoms with van der Waals surface area (Å²) in [6, 6.07) is 8.81. The third kappa shape index (κ3) is 16.9. The molecule has 23 nitrogen and oxygen atoms in total. The maximum Gasteiger partial charge on any atom is 0.410 e. The number of nitrogens with zero attached hydrogens (tertiary/aromatic N) is 5. The predicted molar refractivity (Wildman–Crippen MR) is 295 cm³/mol. The minimum absolute atomic E-state index is 0.0845. The van der Waals surface area contributed by atoms with Gasteiger partial charge in [0.25, 0.3) is 17.7 Å². The molecule has 2 atom stereocenters. The quantitative estimate of drug-likeness (QED) is 0.0414. The van der Waals surface area contributed by atoms with E-state index in [1.165, 1.54) is 24.2 Å². The van der Waals surface area contributed by atoms with Crippen molar-refractivity contribution in [1.29, 1.82) is 0 Å². The molecule has 6 rings (SSSR count). The zero-order chi connectivity index (χ0) is 57.2.